The number of hydrogen-bond acceptors (Lipinski definition) is 4. The standard InChI is InChI=1S/C12H14N2O4/c1-17-6-5-13-12(16)8-3-2-4-9-11(8)18-7-10(15)14-9/h2-4H,5-7H2,1H3,(H,13,16)(H,14,15). The van der Waals surface area contributed by atoms with Crippen molar-refractivity contribution < 1.29 is 19.1 Å². The Bertz CT molecular complexity index is 473. The number of benzene rings is 1. The van der Waals surface area contributed by atoms with Crippen molar-refractivity contribution in [3.63, 3.8) is 0 Å². The highest BCUT2D eigenvalue weighted by atomic mass is 16.5. The molecule has 1 heterocycles. The van der Waals surface area contributed by atoms with Crippen LogP contribution >= 0.6 is 0 Å². The summed E-state index contributed by atoms with van der Waals surface area (Å²) in [5.41, 5.74) is 0.925. The first-order valence-electron chi connectivity index (χ1n) is 5.55. The number of hydrogen-bond donors (Lipinski definition) is 2. The predicted molar refractivity (Wildman–Crippen MR) is 64.8 cm³/mol. The molecule has 0 saturated heterocycles. The number of rotatable bonds is 4. The first-order chi connectivity index (χ1) is 8.72. The second-order valence-corrected chi connectivity index (χ2v) is 3.77. The normalized spacial score (nSPS) is 13.3. The van der Waals surface area contributed by atoms with Gasteiger partial charge in [-0.25, -0.2) is 0 Å². The van der Waals surface area contributed by atoms with Gasteiger partial charge in [-0.3, -0.25) is 9.59 Å². The van der Waals surface area contributed by atoms with Crippen LogP contribution < -0.4 is 15.4 Å². The summed E-state index contributed by atoms with van der Waals surface area (Å²) in [6, 6.07) is 5.04. The van der Waals surface area contributed by atoms with E-state index in [9.17, 15) is 9.59 Å². The first-order valence-corrected chi connectivity index (χ1v) is 5.55. The summed E-state index contributed by atoms with van der Waals surface area (Å²) in [6.45, 7) is 0.791. The van der Waals surface area contributed by atoms with E-state index in [1.165, 1.54) is 0 Å². The molecule has 1 aliphatic rings. The lowest BCUT2D eigenvalue weighted by atomic mass is 10.1. The van der Waals surface area contributed by atoms with Gasteiger partial charge >= 0.3 is 0 Å². The van der Waals surface area contributed by atoms with Gasteiger partial charge in [-0.2, -0.15) is 0 Å². The van der Waals surface area contributed by atoms with Crippen molar-refractivity contribution in [3.8, 4) is 5.75 Å². The second kappa shape index (κ2) is 5.50. The fourth-order valence-corrected chi connectivity index (χ4v) is 1.66. The second-order valence-electron chi connectivity index (χ2n) is 3.77. The lowest BCUT2D eigenvalue weighted by molar-refractivity contribution is -0.118. The van der Waals surface area contributed by atoms with Gasteiger partial charge < -0.3 is 20.1 Å². The monoisotopic (exact) mass is 250 g/mol. The number of anilines is 1. The molecule has 0 radical (unpaired) electrons. The van der Waals surface area contributed by atoms with Gasteiger partial charge in [0.1, 0.15) is 0 Å². The van der Waals surface area contributed by atoms with Crippen LogP contribution in [0.15, 0.2) is 18.2 Å². The molecule has 18 heavy (non-hydrogen) atoms. The molecule has 2 amide bonds. The quantitative estimate of drug-likeness (QED) is 0.758. The highest BCUT2D eigenvalue weighted by molar-refractivity contribution is 6.03. The molecule has 2 rings (SSSR count). The van der Waals surface area contributed by atoms with Gasteiger partial charge in [0.25, 0.3) is 11.8 Å². The molecule has 0 unspecified atom stereocenters. The summed E-state index contributed by atoms with van der Waals surface area (Å²) in [6.07, 6.45) is 0. The van der Waals surface area contributed by atoms with Crippen LogP contribution in [0, 0.1) is 0 Å². The number of methoxy groups -OCH3 is 1. The molecule has 96 valence electrons. The third kappa shape index (κ3) is 2.60. The van der Waals surface area contributed by atoms with Crippen molar-refractivity contribution in [2.75, 3.05) is 32.2 Å². The van der Waals surface area contributed by atoms with E-state index in [0.717, 1.165) is 0 Å². The number of ether oxygens (including phenoxy) is 2. The van der Waals surface area contributed by atoms with Crippen molar-refractivity contribution in [1.29, 1.82) is 0 Å². The molecule has 6 nitrogen and oxygen atoms in total. The van der Waals surface area contributed by atoms with Crippen molar-refractivity contribution in [2.24, 2.45) is 0 Å². The highest BCUT2D eigenvalue weighted by Crippen LogP contribution is 2.31. The van der Waals surface area contributed by atoms with Crippen LogP contribution in [-0.2, 0) is 9.53 Å². The van der Waals surface area contributed by atoms with Gasteiger partial charge in [-0.05, 0) is 12.1 Å². The Labute approximate surface area is 104 Å². The summed E-state index contributed by atoms with van der Waals surface area (Å²) >= 11 is 0. The van der Waals surface area contributed by atoms with E-state index in [1.54, 1.807) is 25.3 Å². The van der Waals surface area contributed by atoms with Gasteiger partial charge in [0.2, 0.25) is 0 Å². The summed E-state index contributed by atoms with van der Waals surface area (Å²) in [4.78, 5) is 23.1. The average molecular weight is 250 g/mol. The molecule has 6 heteroatoms. The molecule has 1 aliphatic heterocycles. The Morgan fingerprint density at radius 1 is 1.56 bits per heavy atom. The fraction of sp³-hybridized carbons (Fsp3) is 0.333. The van der Waals surface area contributed by atoms with Crippen LogP contribution in [0.1, 0.15) is 10.4 Å². The highest BCUT2D eigenvalue weighted by Gasteiger charge is 2.21. The van der Waals surface area contributed by atoms with Crippen LogP contribution in [0.4, 0.5) is 5.69 Å². The maximum absolute atomic E-state index is 11.9. The van der Waals surface area contributed by atoms with Crippen molar-refractivity contribution in [3.05, 3.63) is 23.8 Å². The van der Waals surface area contributed by atoms with Crippen LogP contribution in [0.25, 0.3) is 0 Å². The molecule has 2 N–H and O–H groups in total. The minimum absolute atomic E-state index is 0.0740. The average Bonchev–Trinajstić information content (AvgIpc) is 2.37. The number of para-hydroxylation sites is 1. The molecule has 0 atom stereocenters. The van der Waals surface area contributed by atoms with Crippen molar-refractivity contribution in [1.82, 2.24) is 5.32 Å². The molecule has 0 fully saturated rings. The predicted octanol–water partition coefficient (Wildman–Crippen LogP) is 0.394. The van der Waals surface area contributed by atoms with Crippen LogP contribution in [0.2, 0.25) is 0 Å². The zero-order valence-corrected chi connectivity index (χ0v) is 9.99. The molecule has 0 spiro atoms. The summed E-state index contributed by atoms with van der Waals surface area (Å²) in [5, 5.41) is 5.36. The van der Waals surface area contributed by atoms with Crippen molar-refractivity contribution >= 4 is 17.5 Å². The van der Waals surface area contributed by atoms with Crippen molar-refractivity contribution in [2.45, 2.75) is 0 Å². The van der Waals surface area contributed by atoms with Crippen LogP contribution in [0.5, 0.6) is 5.75 Å². The fourth-order valence-electron chi connectivity index (χ4n) is 1.66. The SMILES string of the molecule is COCCNC(=O)c1cccc2c1OCC(=O)N2. The smallest absolute Gasteiger partial charge is 0.262 e. The third-order valence-corrected chi connectivity index (χ3v) is 2.47. The van der Waals surface area contributed by atoms with Crippen LogP contribution in [-0.4, -0.2) is 38.7 Å². The number of nitrogens with one attached hydrogen (secondary N) is 2. The molecule has 0 saturated carbocycles. The topological polar surface area (TPSA) is 76.7 Å². The molecule has 0 aromatic heterocycles. The number of carbonyl (C=O) groups is 2. The minimum atomic E-state index is -0.250. The molecule has 1 aromatic carbocycles. The van der Waals surface area contributed by atoms with Gasteiger partial charge in [0.05, 0.1) is 17.9 Å². The Balaban J connectivity index is 2.16. The maximum atomic E-state index is 11.9. The molecule has 0 bridgehead atoms. The van der Waals surface area contributed by atoms with Gasteiger partial charge in [-0.1, -0.05) is 6.07 Å². The number of carbonyl (C=O) groups excluding carboxylic acids is 2. The number of amides is 2. The van der Waals surface area contributed by atoms with Gasteiger partial charge in [-0.15, -0.1) is 0 Å². The lowest BCUT2D eigenvalue weighted by Crippen LogP contribution is -2.30. The molecular weight excluding hydrogens is 236 g/mol. The van der Waals surface area contributed by atoms with E-state index in [0.29, 0.717) is 30.2 Å². The minimum Gasteiger partial charge on any atom is -0.481 e. The Morgan fingerprint density at radius 2 is 2.39 bits per heavy atom. The van der Waals surface area contributed by atoms with E-state index >= 15 is 0 Å². The van der Waals surface area contributed by atoms with E-state index in [1.807, 2.05) is 0 Å². The maximum Gasteiger partial charge on any atom is 0.262 e. The molecular formula is C12H14N2O4. The van der Waals surface area contributed by atoms with E-state index in [-0.39, 0.29) is 18.4 Å². The number of fused-ring (bicyclic) bond motifs is 1. The first kappa shape index (κ1) is 12.4. The van der Waals surface area contributed by atoms with Gasteiger partial charge in [0, 0.05) is 13.7 Å². The Morgan fingerprint density at radius 3 is 3.17 bits per heavy atom. The zero-order chi connectivity index (χ0) is 13.0. The molecule has 0 aliphatic carbocycles. The summed E-state index contributed by atoms with van der Waals surface area (Å²) in [5.74, 6) is -0.0634. The molecule has 1 aromatic rings. The van der Waals surface area contributed by atoms with E-state index < -0.39 is 0 Å². The summed E-state index contributed by atoms with van der Waals surface area (Å²) < 4.78 is 10.1. The van der Waals surface area contributed by atoms with Crippen LogP contribution in [0.3, 0.4) is 0 Å². The Hall–Kier alpha value is -2.08. The lowest BCUT2D eigenvalue weighted by Gasteiger charge is -2.20. The van der Waals surface area contributed by atoms with E-state index in [2.05, 4.69) is 10.6 Å². The zero-order valence-electron chi connectivity index (χ0n) is 9.99. The van der Waals surface area contributed by atoms with E-state index in [4.69, 9.17) is 9.47 Å². The largest absolute Gasteiger partial charge is 0.481 e. The Kier molecular flexibility index (Phi) is 3.78. The third-order valence-electron chi connectivity index (χ3n) is 2.47. The van der Waals surface area contributed by atoms with Gasteiger partial charge in [0.15, 0.2) is 12.4 Å². The summed E-state index contributed by atoms with van der Waals surface area (Å²) in [7, 11) is 1.56.